The van der Waals surface area contributed by atoms with Crippen LogP contribution in [0, 0.1) is 11.8 Å². The van der Waals surface area contributed by atoms with Crippen molar-refractivity contribution in [1.82, 2.24) is 5.32 Å². The van der Waals surface area contributed by atoms with E-state index in [1.165, 1.54) is 23.4 Å². The molecule has 2 fully saturated rings. The number of para-hydroxylation sites is 2. The number of carbonyl (C=O) groups is 1. The highest BCUT2D eigenvalue weighted by Gasteiger charge is 2.33. The lowest BCUT2D eigenvalue weighted by atomic mass is 9.78. The van der Waals surface area contributed by atoms with Crippen LogP contribution in [0.3, 0.4) is 0 Å². The quantitative estimate of drug-likeness (QED) is 0.785. The minimum Gasteiger partial charge on any atom is -0.492 e. The lowest BCUT2D eigenvalue weighted by Gasteiger charge is -2.38. The second-order valence-corrected chi connectivity index (χ2v) is 8.65. The van der Waals surface area contributed by atoms with E-state index in [0.717, 1.165) is 38.3 Å². The third-order valence-corrected chi connectivity index (χ3v) is 6.95. The van der Waals surface area contributed by atoms with Crippen LogP contribution in [-0.2, 0) is 4.79 Å². The molecule has 5 nitrogen and oxygen atoms in total. The third-order valence-electron chi connectivity index (χ3n) is 6.95. The van der Waals surface area contributed by atoms with Crippen molar-refractivity contribution >= 4 is 11.6 Å². The van der Waals surface area contributed by atoms with Gasteiger partial charge in [0.25, 0.3) is 5.91 Å². The van der Waals surface area contributed by atoms with Gasteiger partial charge >= 0.3 is 0 Å². The summed E-state index contributed by atoms with van der Waals surface area (Å²) in [4.78, 5) is 16.7. The topological polar surface area (TPSA) is 46.0 Å². The van der Waals surface area contributed by atoms with Crippen LogP contribution in [0.2, 0.25) is 0 Å². The molecule has 0 unspecified atom stereocenters. The fraction of sp³-hybridized carbons (Fsp3) is 0.696. The molecule has 3 rings (SSSR count). The average Bonchev–Trinajstić information content (AvgIpc) is 2.71. The van der Waals surface area contributed by atoms with E-state index in [4.69, 9.17) is 4.74 Å². The molecule has 4 atom stereocenters. The zero-order valence-corrected chi connectivity index (χ0v) is 18.0. The number of rotatable bonds is 6. The fourth-order valence-corrected chi connectivity index (χ4v) is 4.74. The molecule has 1 aliphatic carbocycles. The van der Waals surface area contributed by atoms with Crippen molar-refractivity contribution in [3.8, 4) is 5.75 Å². The standard InChI is InChI=1S/C23H37N3O2/c1-5-28-22-12-7-6-11-21(22)26-15-13-25(14-16-26)19(4)23(27)24-20-10-8-9-17(2)18(20)3/h6-7,11-12,17-20H,5,8-10,13-16H2,1-4H3,(H,24,27)/p+1/t17-,18-,19+,20+/m0/s1. The molecule has 156 valence electrons. The Kier molecular flexibility index (Phi) is 7.22. The Morgan fingerprint density at radius 1 is 1.25 bits per heavy atom. The highest BCUT2D eigenvalue weighted by atomic mass is 16.5. The van der Waals surface area contributed by atoms with Crippen molar-refractivity contribution in [3.05, 3.63) is 24.3 Å². The number of nitrogens with one attached hydrogen (secondary N) is 2. The van der Waals surface area contributed by atoms with Crippen LogP contribution in [-0.4, -0.2) is 50.8 Å². The van der Waals surface area contributed by atoms with Crippen LogP contribution < -0.4 is 19.9 Å². The summed E-state index contributed by atoms with van der Waals surface area (Å²) >= 11 is 0. The van der Waals surface area contributed by atoms with E-state index in [0.29, 0.717) is 24.5 Å². The van der Waals surface area contributed by atoms with Crippen molar-refractivity contribution in [2.75, 3.05) is 37.7 Å². The summed E-state index contributed by atoms with van der Waals surface area (Å²) in [6.07, 6.45) is 3.65. The van der Waals surface area contributed by atoms with E-state index in [1.807, 2.05) is 19.1 Å². The maximum Gasteiger partial charge on any atom is 0.278 e. The summed E-state index contributed by atoms with van der Waals surface area (Å²) in [7, 11) is 0. The molecule has 0 radical (unpaired) electrons. The van der Waals surface area contributed by atoms with Crippen molar-refractivity contribution in [1.29, 1.82) is 0 Å². The first-order chi connectivity index (χ1) is 13.5. The van der Waals surface area contributed by atoms with Crippen molar-refractivity contribution in [2.24, 2.45) is 11.8 Å². The summed E-state index contributed by atoms with van der Waals surface area (Å²) in [6.45, 7) is 13.3. The van der Waals surface area contributed by atoms with E-state index >= 15 is 0 Å². The molecule has 1 saturated carbocycles. The van der Waals surface area contributed by atoms with Gasteiger partial charge < -0.3 is 19.9 Å². The number of hydrogen-bond acceptors (Lipinski definition) is 3. The lowest BCUT2D eigenvalue weighted by Crippen LogP contribution is -3.19. The maximum absolute atomic E-state index is 12.9. The zero-order valence-electron chi connectivity index (χ0n) is 18.0. The molecule has 1 aromatic carbocycles. The number of anilines is 1. The van der Waals surface area contributed by atoms with Crippen LogP contribution >= 0.6 is 0 Å². The van der Waals surface area contributed by atoms with Gasteiger partial charge in [0, 0.05) is 6.04 Å². The van der Waals surface area contributed by atoms with Crippen molar-refractivity contribution < 1.29 is 14.4 Å². The number of hydrogen-bond donors (Lipinski definition) is 2. The van der Waals surface area contributed by atoms with Gasteiger partial charge in [0.05, 0.1) is 38.5 Å². The largest absolute Gasteiger partial charge is 0.492 e. The molecular weight excluding hydrogens is 350 g/mol. The summed E-state index contributed by atoms with van der Waals surface area (Å²) in [5.74, 6) is 2.46. The number of ether oxygens (including phenoxy) is 1. The Hall–Kier alpha value is -1.75. The number of piperazine rings is 1. The molecule has 0 bridgehead atoms. The van der Waals surface area contributed by atoms with Crippen molar-refractivity contribution in [3.63, 3.8) is 0 Å². The lowest BCUT2D eigenvalue weighted by molar-refractivity contribution is -0.914. The first kappa shape index (κ1) is 21.0. The van der Waals surface area contributed by atoms with E-state index < -0.39 is 0 Å². The van der Waals surface area contributed by atoms with Crippen LogP contribution in [0.1, 0.15) is 47.0 Å². The van der Waals surface area contributed by atoms with Gasteiger partial charge in [0.2, 0.25) is 0 Å². The summed E-state index contributed by atoms with van der Waals surface area (Å²) < 4.78 is 5.79. The molecule has 2 N–H and O–H groups in total. The van der Waals surface area contributed by atoms with Crippen LogP contribution in [0.5, 0.6) is 5.75 Å². The fourth-order valence-electron chi connectivity index (χ4n) is 4.74. The number of quaternary nitrogens is 1. The first-order valence-electron chi connectivity index (χ1n) is 11.1. The minimum atomic E-state index is 0.00807. The molecule has 5 heteroatoms. The number of benzene rings is 1. The maximum atomic E-state index is 12.9. The Balaban J connectivity index is 1.53. The monoisotopic (exact) mass is 388 g/mol. The molecule has 2 aliphatic rings. The van der Waals surface area contributed by atoms with Gasteiger partial charge in [-0.2, -0.15) is 0 Å². The molecule has 1 aromatic rings. The van der Waals surface area contributed by atoms with E-state index in [9.17, 15) is 4.79 Å². The number of amides is 1. The highest BCUT2D eigenvalue weighted by Crippen LogP contribution is 2.29. The van der Waals surface area contributed by atoms with Gasteiger partial charge in [-0.15, -0.1) is 0 Å². The minimum absolute atomic E-state index is 0.00807. The summed E-state index contributed by atoms with van der Waals surface area (Å²) in [6, 6.07) is 8.62. The van der Waals surface area contributed by atoms with E-state index in [-0.39, 0.29) is 11.9 Å². The number of carbonyl (C=O) groups excluding carboxylic acids is 1. The smallest absolute Gasteiger partial charge is 0.278 e. The second-order valence-electron chi connectivity index (χ2n) is 8.65. The summed E-state index contributed by atoms with van der Waals surface area (Å²) in [5.41, 5.74) is 1.17. The van der Waals surface area contributed by atoms with E-state index in [1.54, 1.807) is 0 Å². The van der Waals surface area contributed by atoms with Gasteiger partial charge in [-0.25, -0.2) is 0 Å². The van der Waals surface area contributed by atoms with Gasteiger partial charge in [-0.1, -0.05) is 38.8 Å². The van der Waals surface area contributed by atoms with Gasteiger partial charge in [-0.05, 0) is 44.2 Å². The molecule has 1 heterocycles. The number of nitrogens with zero attached hydrogens (tertiary/aromatic N) is 1. The normalized spacial score (nSPS) is 27.3. The molecule has 1 amide bonds. The van der Waals surface area contributed by atoms with Crippen LogP contribution in [0.4, 0.5) is 5.69 Å². The molecule has 0 spiro atoms. The van der Waals surface area contributed by atoms with E-state index in [2.05, 4.69) is 43.1 Å². The Bertz CT molecular complexity index is 642. The third kappa shape index (κ3) is 4.80. The second kappa shape index (κ2) is 9.64. The molecular formula is C23H38N3O2+. The zero-order chi connectivity index (χ0) is 20.1. The van der Waals surface area contributed by atoms with Crippen molar-refractivity contribution in [2.45, 2.75) is 59.0 Å². The average molecular weight is 389 g/mol. The first-order valence-corrected chi connectivity index (χ1v) is 11.1. The Labute approximate surface area is 170 Å². The molecule has 28 heavy (non-hydrogen) atoms. The highest BCUT2D eigenvalue weighted by molar-refractivity contribution is 5.80. The Morgan fingerprint density at radius 2 is 1.96 bits per heavy atom. The predicted octanol–water partition coefficient (Wildman–Crippen LogP) is 2.12. The Morgan fingerprint density at radius 3 is 2.68 bits per heavy atom. The molecule has 1 aliphatic heterocycles. The molecule has 1 saturated heterocycles. The van der Waals surface area contributed by atoms with Gasteiger partial charge in [0.15, 0.2) is 6.04 Å². The van der Waals surface area contributed by atoms with Gasteiger partial charge in [0.1, 0.15) is 5.75 Å². The molecule has 0 aromatic heterocycles. The summed E-state index contributed by atoms with van der Waals surface area (Å²) in [5, 5.41) is 3.37. The predicted molar refractivity (Wildman–Crippen MR) is 114 cm³/mol. The van der Waals surface area contributed by atoms with Crippen LogP contribution in [0.15, 0.2) is 24.3 Å². The SMILES string of the molecule is CCOc1ccccc1N1CC[NH+]([C@H](C)C(=O)N[C@@H]2CCC[C@H](C)[C@@H]2C)CC1. The van der Waals surface area contributed by atoms with Crippen LogP contribution in [0.25, 0.3) is 0 Å². The van der Waals surface area contributed by atoms with Gasteiger partial charge in [-0.3, -0.25) is 4.79 Å².